The lowest BCUT2D eigenvalue weighted by molar-refractivity contribution is 0.0942. The van der Waals surface area contributed by atoms with Crippen LogP contribution in [0.5, 0.6) is 0 Å². The number of nitrogens with one attached hydrogen (secondary N) is 2. The minimum absolute atomic E-state index is 0.0302. The Labute approximate surface area is 130 Å². The van der Waals surface area contributed by atoms with Crippen LogP contribution in [0, 0.1) is 5.92 Å². The molecule has 0 bridgehead atoms. The number of nitrogens with zero attached hydrogens (tertiary/aromatic N) is 1. The van der Waals surface area contributed by atoms with Crippen molar-refractivity contribution in [3.8, 4) is 0 Å². The van der Waals surface area contributed by atoms with E-state index in [-0.39, 0.29) is 11.9 Å². The monoisotopic (exact) mass is 305 g/mol. The highest BCUT2D eigenvalue weighted by molar-refractivity contribution is 8.01. The van der Waals surface area contributed by atoms with Crippen molar-refractivity contribution in [2.75, 3.05) is 4.72 Å². The quantitative estimate of drug-likeness (QED) is 0.783. The zero-order chi connectivity index (χ0) is 15.0. The fraction of sp³-hybridized carbons (Fsp3) is 0.625. The number of aryl methyl sites for hydroxylation is 2. The van der Waals surface area contributed by atoms with Gasteiger partial charge in [-0.15, -0.1) is 0 Å². The highest BCUT2D eigenvalue weighted by Gasteiger charge is 2.25. The van der Waals surface area contributed by atoms with Crippen LogP contribution in [0.25, 0.3) is 0 Å². The largest absolute Gasteiger partial charge is 0.350 e. The van der Waals surface area contributed by atoms with Gasteiger partial charge in [-0.2, -0.15) is 0 Å². The molecular weight excluding hydrogens is 282 g/mol. The molecule has 0 spiro atoms. The number of pyridine rings is 1. The van der Waals surface area contributed by atoms with E-state index in [1.165, 1.54) is 5.56 Å². The molecule has 5 heteroatoms. The summed E-state index contributed by atoms with van der Waals surface area (Å²) in [6, 6.07) is 2.28. The van der Waals surface area contributed by atoms with Gasteiger partial charge in [0.2, 0.25) is 0 Å². The molecule has 0 aliphatic carbocycles. The van der Waals surface area contributed by atoms with Gasteiger partial charge in [0.15, 0.2) is 0 Å². The van der Waals surface area contributed by atoms with Gasteiger partial charge in [0.25, 0.3) is 5.91 Å². The average molecular weight is 305 g/mol. The normalized spacial score (nSPS) is 25.2. The van der Waals surface area contributed by atoms with E-state index in [2.05, 4.69) is 36.9 Å². The third-order valence-electron chi connectivity index (χ3n) is 4.37. The smallest absolute Gasteiger partial charge is 0.253 e. The number of carbonyl (C=O) groups excluding carboxylic acids is 1. The van der Waals surface area contributed by atoms with Crippen molar-refractivity contribution >= 4 is 23.7 Å². The van der Waals surface area contributed by atoms with Gasteiger partial charge in [0, 0.05) is 11.3 Å². The van der Waals surface area contributed by atoms with Crippen molar-refractivity contribution in [3.05, 3.63) is 22.9 Å². The van der Waals surface area contributed by atoms with Gasteiger partial charge in [-0.3, -0.25) is 4.79 Å². The van der Waals surface area contributed by atoms with E-state index < -0.39 is 0 Å². The second-order valence-electron chi connectivity index (χ2n) is 6.44. The van der Waals surface area contributed by atoms with E-state index in [4.69, 9.17) is 4.98 Å². The lowest BCUT2D eigenvalue weighted by Gasteiger charge is -2.16. The third-order valence-corrected chi connectivity index (χ3v) is 5.76. The van der Waals surface area contributed by atoms with Crippen molar-refractivity contribution in [1.82, 2.24) is 10.3 Å². The van der Waals surface area contributed by atoms with Crippen LogP contribution in [0.1, 0.15) is 55.2 Å². The summed E-state index contributed by atoms with van der Waals surface area (Å²) in [6.45, 7) is 6.57. The molecule has 2 aliphatic heterocycles. The maximum atomic E-state index is 12.3. The molecule has 2 atom stereocenters. The Morgan fingerprint density at radius 2 is 2.14 bits per heavy atom. The number of carbonyl (C=O) groups is 1. The second-order valence-corrected chi connectivity index (χ2v) is 7.49. The minimum Gasteiger partial charge on any atom is -0.350 e. The van der Waals surface area contributed by atoms with Gasteiger partial charge in [-0.25, -0.2) is 4.98 Å². The molecule has 1 aromatic heterocycles. The molecule has 1 aromatic rings. The van der Waals surface area contributed by atoms with E-state index in [1.807, 2.05) is 0 Å². The topological polar surface area (TPSA) is 54.0 Å². The molecule has 21 heavy (non-hydrogen) atoms. The minimum atomic E-state index is 0.0302. The Morgan fingerprint density at radius 1 is 1.33 bits per heavy atom. The van der Waals surface area contributed by atoms with E-state index in [0.29, 0.717) is 11.2 Å². The summed E-state index contributed by atoms with van der Waals surface area (Å²) < 4.78 is 3.43. The van der Waals surface area contributed by atoms with E-state index in [9.17, 15) is 4.79 Å². The first kappa shape index (κ1) is 14.7. The fourth-order valence-electron chi connectivity index (χ4n) is 2.94. The lowest BCUT2D eigenvalue weighted by atomic mass is 10.00. The maximum absolute atomic E-state index is 12.3. The summed E-state index contributed by atoms with van der Waals surface area (Å²) >= 11 is 1.78. The van der Waals surface area contributed by atoms with Crippen LogP contribution >= 0.6 is 11.9 Å². The maximum Gasteiger partial charge on any atom is 0.253 e. The average Bonchev–Trinajstić information content (AvgIpc) is 2.72. The first-order chi connectivity index (χ1) is 10.0. The highest BCUT2D eigenvalue weighted by atomic mass is 32.2. The molecule has 1 amide bonds. The van der Waals surface area contributed by atoms with E-state index >= 15 is 0 Å². The number of rotatable bonds is 1. The van der Waals surface area contributed by atoms with Gasteiger partial charge in [-0.05, 0) is 62.1 Å². The van der Waals surface area contributed by atoms with Crippen LogP contribution in [0.3, 0.4) is 0 Å². The van der Waals surface area contributed by atoms with Crippen LogP contribution in [0.2, 0.25) is 0 Å². The summed E-state index contributed by atoms with van der Waals surface area (Å²) in [7, 11) is 0. The molecule has 0 aromatic carbocycles. The van der Waals surface area contributed by atoms with Crippen molar-refractivity contribution < 1.29 is 4.79 Å². The Hall–Kier alpha value is -1.23. The van der Waals surface area contributed by atoms with Crippen molar-refractivity contribution in [2.24, 2.45) is 5.92 Å². The molecule has 0 fully saturated rings. The van der Waals surface area contributed by atoms with E-state index in [1.54, 1.807) is 11.9 Å². The second kappa shape index (κ2) is 5.87. The van der Waals surface area contributed by atoms with Crippen LogP contribution in [0.4, 0.5) is 5.82 Å². The molecule has 2 aliphatic rings. The first-order valence-corrected chi connectivity index (χ1v) is 8.68. The van der Waals surface area contributed by atoms with Gasteiger partial charge in [0.05, 0.1) is 11.3 Å². The standard InChI is InChI=1S/C16H23N3OS/c1-9(2)14-7-5-11-8-12-13(18-15(11)19-21-14)6-4-10(3)17-16(12)20/h8-10,14H,4-7H2,1-3H3,(H,17,20)(H,18,19). The molecule has 0 saturated heterocycles. The highest BCUT2D eigenvalue weighted by Crippen LogP contribution is 2.33. The summed E-state index contributed by atoms with van der Waals surface area (Å²) in [5.74, 6) is 1.63. The Kier molecular flexibility index (Phi) is 4.11. The predicted octanol–water partition coefficient (Wildman–Crippen LogP) is 3.18. The van der Waals surface area contributed by atoms with Crippen molar-refractivity contribution in [3.63, 3.8) is 0 Å². The van der Waals surface area contributed by atoms with Crippen LogP contribution in [-0.2, 0) is 12.8 Å². The zero-order valence-electron chi connectivity index (χ0n) is 12.9. The summed E-state index contributed by atoms with van der Waals surface area (Å²) in [5.41, 5.74) is 2.88. The molecule has 2 N–H and O–H groups in total. The summed E-state index contributed by atoms with van der Waals surface area (Å²) in [6.07, 6.45) is 3.93. The van der Waals surface area contributed by atoms with Crippen LogP contribution in [0.15, 0.2) is 6.07 Å². The van der Waals surface area contributed by atoms with Crippen molar-refractivity contribution in [1.29, 1.82) is 0 Å². The zero-order valence-corrected chi connectivity index (χ0v) is 13.7. The van der Waals surface area contributed by atoms with Gasteiger partial charge in [-0.1, -0.05) is 13.8 Å². The van der Waals surface area contributed by atoms with E-state index in [0.717, 1.165) is 42.8 Å². The summed E-state index contributed by atoms with van der Waals surface area (Å²) in [5, 5.41) is 3.63. The van der Waals surface area contributed by atoms with Gasteiger partial charge < -0.3 is 10.0 Å². The predicted molar refractivity (Wildman–Crippen MR) is 87.6 cm³/mol. The molecule has 4 nitrogen and oxygen atoms in total. The number of aromatic nitrogens is 1. The molecule has 3 heterocycles. The molecular formula is C16H23N3OS. The fourth-order valence-corrected chi connectivity index (χ4v) is 3.89. The van der Waals surface area contributed by atoms with Crippen LogP contribution in [-0.4, -0.2) is 22.2 Å². The molecule has 2 unspecified atom stereocenters. The molecule has 0 saturated carbocycles. The van der Waals surface area contributed by atoms with Crippen molar-refractivity contribution in [2.45, 2.75) is 57.7 Å². The third kappa shape index (κ3) is 3.03. The number of hydrogen-bond acceptors (Lipinski definition) is 4. The number of anilines is 1. The Balaban J connectivity index is 1.92. The number of amides is 1. The SMILES string of the molecule is CC1CCc2nc3c(cc2C(=O)N1)CCC(C(C)C)SN3. The van der Waals surface area contributed by atoms with Gasteiger partial charge in [0.1, 0.15) is 5.82 Å². The Morgan fingerprint density at radius 3 is 2.90 bits per heavy atom. The molecule has 0 radical (unpaired) electrons. The number of hydrogen-bond donors (Lipinski definition) is 2. The lowest BCUT2D eigenvalue weighted by Crippen LogP contribution is -2.30. The first-order valence-electron chi connectivity index (χ1n) is 7.80. The molecule has 114 valence electrons. The Bertz CT molecular complexity index is 559. The summed E-state index contributed by atoms with van der Waals surface area (Å²) in [4.78, 5) is 17.0. The van der Waals surface area contributed by atoms with Crippen LogP contribution < -0.4 is 10.0 Å². The van der Waals surface area contributed by atoms with Gasteiger partial charge >= 0.3 is 0 Å². The number of fused-ring (bicyclic) bond motifs is 2. The molecule has 3 rings (SSSR count).